The summed E-state index contributed by atoms with van der Waals surface area (Å²) in [6.07, 6.45) is 5.67. The quantitative estimate of drug-likeness (QED) is 0.762. The van der Waals surface area contributed by atoms with Gasteiger partial charge in [-0.1, -0.05) is 0 Å². The van der Waals surface area contributed by atoms with Crippen molar-refractivity contribution in [3.63, 3.8) is 0 Å². The first-order valence-electron chi connectivity index (χ1n) is 6.34. The standard InChI is InChI=1S/C12H24N2O2S/c1-9(17(2)16)8-14-12(15)11-5-3-10(7-13)4-6-11/h9-11H,3-8,13H2,1-2H3,(H,14,15). The van der Waals surface area contributed by atoms with E-state index in [2.05, 4.69) is 5.32 Å². The van der Waals surface area contributed by atoms with Crippen molar-refractivity contribution in [1.29, 1.82) is 0 Å². The van der Waals surface area contributed by atoms with Gasteiger partial charge in [0, 0.05) is 34.8 Å². The maximum atomic E-state index is 11.9. The molecule has 1 saturated carbocycles. The Kier molecular flexibility index (Phi) is 6.12. The number of amides is 1. The number of hydrogen-bond donors (Lipinski definition) is 2. The molecular weight excluding hydrogens is 236 g/mol. The van der Waals surface area contributed by atoms with Crippen LogP contribution in [0.4, 0.5) is 0 Å². The molecule has 1 fully saturated rings. The van der Waals surface area contributed by atoms with Crippen LogP contribution in [-0.4, -0.2) is 34.7 Å². The van der Waals surface area contributed by atoms with Crippen molar-refractivity contribution in [2.75, 3.05) is 19.3 Å². The molecular formula is C12H24N2O2S. The Morgan fingerprint density at radius 1 is 1.41 bits per heavy atom. The Hall–Kier alpha value is -0.420. The summed E-state index contributed by atoms with van der Waals surface area (Å²) in [5.74, 6) is 0.856. The molecule has 4 nitrogen and oxygen atoms in total. The van der Waals surface area contributed by atoms with Crippen molar-refractivity contribution < 1.29 is 9.00 Å². The topological polar surface area (TPSA) is 72.2 Å². The molecule has 1 amide bonds. The zero-order valence-electron chi connectivity index (χ0n) is 10.8. The lowest BCUT2D eigenvalue weighted by atomic mass is 9.81. The van der Waals surface area contributed by atoms with Gasteiger partial charge in [0.2, 0.25) is 5.91 Å². The molecule has 0 spiro atoms. The van der Waals surface area contributed by atoms with Crippen LogP contribution < -0.4 is 11.1 Å². The minimum Gasteiger partial charge on any atom is -0.355 e. The summed E-state index contributed by atoms with van der Waals surface area (Å²) in [4.78, 5) is 11.9. The van der Waals surface area contributed by atoms with E-state index in [4.69, 9.17) is 5.73 Å². The lowest BCUT2D eigenvalue weighted by Gasteiger charge is -2.27. The Morgan fingerprint density at radius 3 is 2.47 bits per heavy atom. The monoisotopic (exact) mass is 260 g/mol. The second-order valence-corrected chi connectivity index (χ2v) is 6.81. The number of nitrogens with two attached hydrogens (primary N) is 1. The van der Waals surface area contributed by atoms with E-state index in [1.54, 1.807) is 6.26 Å². The first-order chi connectivity index (χ1) is 8.04. The van der Waals surface area contributed by atoms with Gasteiger partial charge in [0.25, 0.3) is 0 Å². The highest BCUT2D eigenvalue weighted by Crippen LogP contribution is 2.28. The first-order valence-corrected chi connectivity index (χ1v) is 7.96. The van der Waals surface area contributed by atoms with Crippen LogP contribution >= 0.6 is 0 Å². The molecule has 0 radical (unpaired) electrons. The van der Waals surface area contributed by atoms with E-state index in [0.717, 1.165) is 32.2 Å². The van der Waals surface area contributed by atoms with Crippen LogP contribution in [0.3, 0.4) is 0 Å². The van der Waals surface area contributed by atoms with Crippen LogP contribution in [0, 0.1) is 11.8 Å². The van der Waals surface area contributed by atoms with E-state index in [0.29, 0.717) is 12.5 Å². The van der Waals surface area contributed by atoms with Gasteiger partial charge in [-0.05, 0) is 45.1 Å². The second-order valence-electron chi connectivity index (χ2n) is 5.01. The molecule has 0 aromatic heterocycles. The Balaban J connectivity index is 2.27. The second kappa shape index (κ2) is 7.11. The van der Waals surface area contributed by atoms with E-state index in [1.165, 1.54) is 0 Å². The summed E-state index contributed by atoms with van der Waals surface area (Å²) < 4.78 is 11.2. The number of nitrogens with one attached hydrogen (secondary N) is 1. The number of carbonyl (C=O) groups excluding carboxylic acids is 1. The molecule has 1 rings (SSSR count). The molecule has 3 N–H and O–H groups in total. The molecule has 0 aromatic carbocycles. The average molecular weight is 260 g/mol. The van der Waals surface area contributed by atoms with Gasteiger partial charge in [0.1, 0.15) is 0 Å². The van der Waals surface area contributed by atoms with E-state index in [1.807, 2.05) is 6.92 Å². The summed E-state index contributed by atoms with van der Waals surface area (Å²) >= 11 is 0. The van der Waals surface area contributed by atoms with Gasteiger partial charge in [-0.2, -0.15) is 0 Å². The zero-order valence-corrected chi connectivity index (χ0v) is 11.6. The summed E-state index contributed by atoms with van der Waals surface area (Å²) in [5.41, 5.74) is 5.62. The predicted octanol–water partition coefficient (Wildman–Crippen LogP) is 0.635. The average Bonchev–Trinajstić information content (AvgIpc) is 2.35. The van der Waals surface area contributed by atoms with Crippen LogP contribution in [-0.2, 0) is 15.6 Å². The third kappa shape index (κ3) is 4.76. The lowest BCUT2D eigenvalue weighted by Crippen LogP contribution is -2.38. The van der Waals surface area contributed by atoms with Gasteiger partial charge in [-0.3, -0.25) is 9.00 Å². The lowest BCUT2D eigenvalue weighted by molar-refractivity contribution is -0.126. The Labute approximate surface area is 106 Å². The molecule has 1 aliphatic carbocycles. The minimum absolute atomic E-state index is 0.0272. The van der Waals surface area contributed by atoms with Gasteiger partial charge < -0.3 is 11.1 Å². The van der Waals surface area contributed by atoms with Crippen molar-refractivity contribution in [3.05, 3.63) is 0 Å². The molecule has 0 aromatic rings. The Bertz CT molecular complexity index is 276. The van der Waals surface area contributed by atoms with Crippen LogP contribution in [0.1, 0.15) is 32.6 Å². The fraction of sp³-hybridized carbons (Fsp3) is 0.917. The summed E-state index contributed by atoms with van der Waals surface area (Å²) in [6, 6.07) is 0. The third-order valence-corrected chi connectivity index (χ3v) is 4.98. The zero-order chi connectivity index (χ0) is 12.8. The fourth-order valence-electron chi connectivity index (χ4n) is 2.17. The fourth-order valence-corrected chi connectivity index (χ4v) is 2.48. The van der Waals surface area contributed by atoms with Crippen molar-refractivity contribution in [2.45, 2.75) is 37.9 Å². The molecule has 0 saturated heterocycles. The number of carbonyl (C=O) groups is 1. The molecule has 100 valence electrons. The highest BCUT2D eigenvalue weighted by Gasteiger charge is 2.25. The first kappa shape index (κ1) is 14.6. The molecule has 0 heterocycles. The van der Waals surface area contributed by atoms with Gasteiger partial charge in [0.15, 0.2) is 0 Å². The van der Waals surface area contributed by atoms with Crippen LogP contribution in [0.25, 0.3) is 0 Å². The SMILES string of the molecule is CC(CNC(=O)C1CCC(CN)CC1)S(C)=O. The van der Waals surface area contributed by atoms with Crippen LogP contribution in [0.5, 0.6) is 0 Å². The molecule has 17 heavy (non-hydrogen) atoms. The maximum Gasteiger partial charge on any atom is 0.223 e. The Morgan fingerprint density at radius 2 is 2.00 bits per heavy atom. The van der Waals surface area contributed by atoms with E-state index < -0.39 is 10.8 Å². The highest BCUT2D eigenvalue weighted by molar-refractivity contribution is 7.84. The van der Waals surface area contributed by atoms with Gasteiger partial charge in [0.05, 0.1) is 0 Å². The van der Waals surface area contributed by atoms with Crippen molar-refractivity contribution in [3.8, 4) is 0 Å². The smallest absolute Gasteiger partial charge is 0.223 e. The normalized spacial score (nSPS) is 28.4. The molecule has 0 aliphatic heterocycles. The molecule has 5 heteroatoms. The van der Waals surface area contributed by atoms with E-state index >= 15 is 0 Å². The van der Waals surface area contributed by atoms with Crippen LogP contribution in [0.15, 0.2) is 0 Å². The molecule has 2 unspecified atom stereocenters. The summed E-state index contributed by atoms with van der Waals surface area (Å²) in [7, 11) is -0.870. The van der Waals surface area contributed by atoms with Crippen molar-refractivity contribution in [1.82, 2.24) is 5.32 Å². The van der Waals surface area contributed by atoms with E-state index in [-0.39, 0.29) is 17.1 Å². The molecule has 2 atom stereocenters. The summed E-state index contributed by atoms with van der Waals surface area (Å²) in [6.45, 7) is 3.14. The number of rotatable bonds is 5. The minimum atomic E-state index is -0.870. The van der Waals surface area contributed by atoms with Crippen LogP contribution in [0.2, 0.25) is 0 Å². The molecule has 0 bridgehead atoms. The third-order valence-electron chi connectivity index (χ3n) is 3.68. The largest absolute Gasteiger partial charge is 0.355 e. The van der Waals surface area contributed by atoms with Crippen molar-refractivity contribution >= 4 is 16.7 Å². The van der Waals surface area contributed by atoms with Gasteiger partial charge in [-0.15, -0.1) is 0 Å². The van der Waals surface area contributed by atoms with Crippen molar-refractivity contribution in [2.24, 2.45) is 17.6 Å². The van der Waals surface area contributed by atoms with Gasteiger partial charge >= 0.3 is 0 Å². The highest BCUT2D eigenvalue weighted by atomic mass is 32.2. The number of hydrogen-bond acceptors (Lipinski definition) is 3. The predicted molar refractivity (Wildman–Crippen MR) is 71.0 cm³/mol. The maximum absolute atomic E-state index is 11.9. The van der Waals surface area contributed by atoms with E-state index in [9.17, 15) is 9.00 Å². The van der Waals surface area contributed by atoms with Gasteiger partial charge in [-0.25, -0.2) is 0 Å². The summed E-state index contributed by atoms with van der Waals surface area (Å²) in [5, 5.41) is 2.93. The molecule has 1 aliphatic rings.